The Hall–Kier alpha value is -3.76. The van der Waals surface area contributed by atoms with Gasteiger partial charge in [-0.05, 0) is 66.9 Å². The molecule has 0 aromatic heterocycles. The zero-order valence-electron chi connectivity index (χ0n) is 18.7. The molecule has 0 saturated heterocycles. The first-order valence-electron chi connectivity index (χ1n) is 10.2. The van der Waals surface area contributed by atoms with Crippen LogP contribution in [0, 0.1) is 18.8 Å². The van der Waals surface area contributed by atoms with Gasteiger partial charge in [-0.3, -0.25) is 0 Å². The maximum absolute atomic E-state index is 12.9. The lowest BCUT2D eigenvalue weighted by molar-refractivity contribution is 0.0601. The maximum Gasteiger partial charge on any atom is 0.339 e. The van der Waals surface area contributed by atoms with E-state index in [1.165, 1.54) is 19.2 Å². The predicted octanol–water partition coefficient (Wildman–Crippen LogP) is 4.69. The summed E-state index contributed by atoms with van der Waals surface area (Å²) in [7, 11) is -2.38. The summed E-state index contributed by atoms with van der Waals surface area (Å²) >= 11 is 0. The summed E-state index contributed by atoms with van der Waals surface area (Å²) in [6.07, 6.45) is 0. The van der Waals surface area contributed by atoms with Gasteiger partial charge in [-0.15, -0.1) is 5.92 Å². The van der Waals surface area contributed by atoms with Crippen LogP contribution in [0.15, 0.2) is 71.6 Å². The fourth-order valence-electron chi connectivity index (χ4n) is 3.28. The Morgan fingerprint density at radius 2 is 1.70 bits per heavy atom. The highest BCUT2D eigenvalue weighted by molar-refractivity contribution is 7.91. The molecule has 0 unspecified atom stereocenters. The Kier molecular flexibility index (Phi) is 7.75. The molecule has 3 aromatic rings. The van der Waals surface area contributed by atoms with Gasteiger partial charge in [-0.1, -0.05) is 36.3 Å². The molecule has 0 atom stereocenters. The van der Waals surface area contributed by atoms with E-state index in [1.807, 2.05) is 43.3 Å². The third-order valence-electron chi connectivity index (χ3n) is 4.96. The van der Waals surface area contributed by atoms with Gasteiger partial charge in [0.2, 0.25) is 0 Å². The van der Waals surface area contributed by atoms with E-state index in [4.69, 9.17) is 9.47 Å². The van der Waals surface area contributed by atoms with Gasteiger partial charge in [-0.2, -0.15) is 0 Å². The number of benzene rings is 3. The van der Waals surface area contributed by atoms with Crippen LogP contribution in [-0.2, 0) is 14.6 Å². The van der Waals surface area contributed by atoms with Crippen molar-refractivity contribution in [1.29, 1.82) is 0 Å². The van der Waals surface area contributed by atoms with Crippen LogP contribution in [0.2, 0.25) is 0 Å². The number of anilines is 1. The van der Waals surface area contributed by atoms with Crippen molar-refractivity contribution in [3.63, 3.8) is 0 Å². The minimum Gasteiger partial charge on any atom is -0.481 e. The quantitative estimate of drug-likeness (QED) is 0.385. The van der Waals surface area contributed by atoms with Crippen LogP contribution in [-0.4, -0.2) is 34.0 Å². The highest BCUT2D eigenvalue weighted by Crippen LogP contribution is 2.30. The number of hydrogen-bond acceptors (Lipinski definition) is 6. The molecule has 0 fully saturated rings. The summed E-state index contributed by atoms with van der Waals surface area (Å²) < 4.78 is 36.1. The summed E-state index contributed by atoms with van der Waals surface area (Å²) in [5.41, 5.74) is 3.20. The van der Waals surface area contributed by atoms with E-state index in [-0.39, 0.29) is 22.9 Å². The van der Waals surface area contributed by atoms with Gasteiger partial charge < -0.3 is 14.8 Å². The lowest BCUT2D eigenvalue weighted by Gasteiger charge is -2.16. The van der Waals surface area contributed by atoms with Crippen LogP contribution < -0.4 is 10.1 Å². The van der Waals surface area contributed by atoms with Crippen LogP contribution >= 0.6 is 0 Å². The second-order valence-electron chi connectivity index (χ2n) is 7.20. The van der Waals surface area contributed by atoms with Gasteiger partial charge in [-0.25, -0.2) is 13.2 Å². The standard InChI is InChI=1S/C26H25NO5S/c1-4-5-15-32-22-11-13-23(14-12-22)33(29,30)18-27-25-19(2)16-21(17-24(25)26(28)31-3)20-9-7-6-8-10-20/h6-14,16-17,27H,15,18H2,1-3H3. The lowest BCUT2D eigenvalue weighted by atomic mass is 9.98. The molecule has 0 amide bonds. The Balaban J connectivity index is 1.84. The number of aryl methyl sites for hydroxylation is 1. The van der Waals surface area contributed by atoms with Crippen molar-refractivity contribution < 1.29 is 22.7 Å². The number of carbonyl (C=O) groups excluding carboxylic acids is 1. The van der Waals surface area contributed by atoms with Crippen LogP contribution in [0.4, 0.5) is 5.69 Å². The molecule has 33 heavy (non-hydrogen) atoms. The van der Waals surface area contributed by atoms with E-state index in [0.717, 1.165) is 16.7 Å². The number of carbonyl (C=O) groups is 1. The number of methoxy groups -OCH3 is 1. The van der Waals surface area contributed by atoms with Gasteiger partial charge in [0.1, 0.15) is 18.2 Å². The average molecular weight is 464 g/mol. The molecular formula is C26H25NO5S. The SMILES string of the molecule is CC#CCOc1ccc(S(=O)(=O)CNc2c(C)cc(-c3ccccc3)cc2C(=O)OC)cc1. The molecule has 0 aliphatic rings. The molecule has 0 bridgehead atoms. The van der Waals surface area contributed by atoms with E-state index in [0.29, 0.717) is 11.4 Å². The third kappa shape index (κ3) is 5.93. The fourth-order valence-corrected chi connectivity index (χ4v) is 4.33. The van der Waals surface area contributed by atoms with Crippen LogP contribution in [0.1, 0.15) is 22.8 Å². The molecule has 170 valence electrons. The largest absolute Gasteiger partial charge is 0.481 e. The summed E-state index contributed by atoms with van der Waals surface area (Å²) in [4.78, 5) is 12.6. The molecule has 0 radical (unpaired) electrons. The van der Waals surface area contributed by atoms with E-state index in [2.05, 4.69) is 17.2 Å². The lowest BCUT2D eigenvalue weighted by Crippen LogP contribution is -2.18. The first-order valence-corrected chi connectivity index (χ1v) is 11.9. The average Bonchev–Trinajstić information content (AvgIpc) is 2.83. The Morgan fingerprint density at radius 1 is 1.00 bits per heavy atom. The number of rotatable bonds is 8. The number of ether oxygens (including phenoxy) is 2. The van der Waals surface area contributed by atoms with Crippen LogP contribution in [0.25, 0.3) is 11.1 Å². The second kappa shape index (κ2) is 10.7. The Bertz CT molecular complexity index is 1290. The van der Waals surface area contributed by atoms with Crippen molar-refractivity contribution in [2.75, 3.05) is 24.9 Å². The van der Waals surface area contributed by atoms with Crippen molar-refractivity contribution >= 4 is 21.5 Å². The fraction of sp³-hybridized carbons (Fsp3) is 0.192. The Labute approximate surface area is 194 Å². The van der Waals surface area contributed by atoms with Crippen molar-refractivity contribution in [3.8, 4) is 28.7 Å². The first kappa shape index (κ1) is 23.9. The zero-order valence-corrected chi connectivity index (χ0v) is 19.5. The van der Waals surface area contributed by atoms with Crippen molar-refractivity contribution in [2.24, 2.45) is 0 Å². The minimum atomic E-state index is -3.68. The smallest absolute Gasteiger partial charge is 0.339 e. The number of esters is 1. The van der Waals surface area contributed by atoms with Crippen LogP contribution in [0.5, 0.6) is 5.75 Å². The van der Waals surface area contributed by atoms with Crippen molar-refractivity contribution in [1.82, 2.24) is 0 Å². The van der Waals surface area contributed by atoms with E-state index < -0.39 is 15.8 Å². The number of nitrogens with one attached hydrogen (secondary N) is 1. The molecule has 0 saturated carbocycles. The zero-order chi connectivity index (χ0) is 23.8. The molecule has 0 aliphatic carbocycles. The molecular weight excluding hydrogens is 438 g/mol. The first-order chi connectivity index (χ1) is 15.9. The molecule has 0 spiro atoms. The molecule has 7 heteroatoms. The summed E-state index contributed by atoms with van der Waals surface area (Å²) in [5.74, 6) is 5.11. The summed E-state index contributed by atoms with van der Waals surface area (Å²) in [6.45, 7) is 3.77. The molecule has 3 aromatic carbocycles. The van der Waals surface area contributed by atoms with Crippen LogP contribution in [0.3, 0.4) is 0 Å². The van der Waals surface area contributed by atoms with Gasteiger partial charge in [0, 0.05) is 0 Å². The second-order valence-corrected chi connectivity index (χ2v) is 9.19. The highest BCUT2D eigenvalue weighted by Gasteiger charge is 2.20. The van der Waals surface area contributed by atoms with Crippen molar-refractivity contribution in [2.45, 2.75) is 18.7 Å². The minimum absolute atomic E-state index is 0.141. The van der Waals surface area contributed by atoms with E-state index >= 15 is 0 Å². The van der Waals surface area contributed by atoms with E-state index in [9.17, 15) is 13.2 Å². The summed E-state index contributed by atoms with van der Waals surface area (Å²) in [6, 6.07) is 19.4. The molecule has 1 N–H and O–H groups in total. The summed E-state index contributed by atoms with van der Waals surface area (Å²) in [5, 5.41) is 2.93. The molecule has 3 rings (SSSR count). The maximum atomic E-state index is 12.9. The van der Waals surface area contributed by atoms with Gasteiger partial charge >= 0.3 is 5.97 Å². The Morgan fingerprint density at radius 3 is 2.33 bits per heavy atom. The highest BCUT2D eigenvalue weighted by atomic mass is 32.2. The number of sulfone groups is 1. The monoisotopic (exact) mass is 463 g/mol. The van der Waals surface area contributed by atoms with E-state index in [1.54, 1.807) is 25.1 Å². The van der Waals surface area contributed by atoms with Crippen molar-refractivity contribution in [3.05, 3.63) is 77.9 Å². The molecule has 6 nitrogen and oxygen atoms in total. The normalized spacial score (nSPS) is 10.6. The van der Waals surface area contributed by atoms with Gasteiger partial charge in [0.15, 0.2) is 9.84 Å². The molecule has 0 heterocycles. The topological polar surface area (TPSA) is 81.7 Å². The van der Waals surface area contributed by atoms with Gasteiger partial charge in [0.05, 0.1) is 23.3 Å². The molecule has 0 aliphatic heterocycles. The third-order valence-corrected chi connectivity index (χ3v) is 6.47. The number of hydrogen-bond donors (Lipinski definition) is 1. The predicted molar refractivity (Wildman–Crippen MR) is 129 cm³/mol. The van der Waals surface area contributed by atoms with Gasteiger partial charge in [0.25, 0.3) is 0 Å².